The van der Waals surface area contributed by atoms with Gasteiger partial charge in [0, 0.05) is 11.6 Å². The lowest BCUT2D eigenvalue weighted by molar-refractivity contribution is -0.140. The lowest BCUT2D eigenvalue weighted by atomic mass is 9.93. The molecule has 1 aromatic heterocycles. The van der Waals surface area contributed by atoms with Crippen LogP contribution in [0.1, 0.15) is 37.0 Å². The fourth-order valence-corrected chi connectivity index (χ4v) is 4.27. The number of rotatable bonds is 7. The minimum absolute atomic E-state index is 0.387. The van der Waals surface area contributed by atoms with Gasteiger partial charge in [0.25, 0.3) is 0 Å². The van der Waals surface area contributed by atoms with Crippen molar-refractivity contribution in [2.45, 2.75) is 31.3 Å². The first-order chi connectivity index (χ1) is 17.0. The number of anilines is 1. The number of ether oxygens (including phenoxy) is 1. The molecular weight excluding hydrogens is 442 g/mol. The molecule has 0 bridgehead atoms. The molecule has 1 amide bonds. The molecule has 1 aliphatic carbocycles. The smallest absolute Gasteiger partial charge is 0.412 e. The molecule has 6 nitrogen and oxygen atoms in total. The Morgan fingerprint density at radius 1 is 0.886 bits per heavy atom. The Morgan fingerprint density at radius 3 is 2.09 bits per heavy atom. The lowest BCUT2D eigenvalue weighted by Crippen LogP contribution is -2.19. The standard InChI is InChI=1S/C29H25NO5/c1-19(20-5-3-2-4-6-20)35-28(33)30-25-15-18-34-26(25)23-9-7-21(8-10-23)22-11-13-24(14-12-22)29(16-17-29)27(31)32/h2-15,18-19H,16-17H2,1H3,(H,30,33)(H,31,32). The van der Waals surface area contributed by atoms with Crippen molar-refractivity contribution in [3.05, 3.63) is 102 Å². The van der Waals surface area contributed by atoms with Crippen LogP contribution in [0.15, 0.2) is 95.6 Å². The van der Waals surface area contributed by atoms with E-state index in [1.807, 2.05) is 85.8 Å². The van der Waals surface area contributed by atoms with Gasteiger partial charge in [-0.3, -0.25) is 10.1 Å². The zero-order valence-electron chi connectivity index (χ0n) is 19.2. The van der Waals surface area contributed by atoms with Crippen LogP contribution in [-0.4, -0.2) is 17.2 Å². The van der Waals surface area contributed by atoms with Crippen molar-refractivity contribution >= 4 is 17.7 Å². The van der Waals surface area contributed by atoms with Crippen molar-refractivity contribution in [3.8, 4) is 22.5 Å². The van der Waals surface area contributed by atoms with E-state index in [1.165, 1.54) is 6.26 Å². The summed E-state index contributed by atoms with van der Waals surface area (Å²) in [5.74, 6) is -0.218. The third kappa shape index (κ3) is 4.55. The van der Waals surface area contributed by atoms with Crippen molar-refractivity contribution in [2.24, 2.45) is 0 Å². The number of hydrogen-bond donors (Lipinski definition) is 2. The maximum atomic E-state index is 12.4. The van der Waals surface area contributed by atoms with E-state index in [-0.39, 0.29) is 6.10 Å². The maximum absolute atomic E-state index is 12.4. The first-order valence-electron chi connectivity index (χ1n) is 11.5. The normalized spacial score (nSPS) is 14.7. The van der Waals surface area contributed by atoms with E-state index in [0.717, 1.165) is 27.8 Å². The summed E-state index contributed by atoms with van der Waals surface area (Å²) in [5.41, 5.74) is 4.39. The number of nitrogens with one attached hydrogen (secondary N) is 1. The molecule has 1 heterocycles. The monoisotopic (exact) mass is 467 g/mol. The molecule has 3 aromatic carbocycles. The molecule has 6 heteroatoms. The number of carbonyl (C=O) groups is 2. The minimum atomic E-state index is -0.754. The van der Waals surface area contributed by atoms with Crippen LogP contribution in [-0.2, 0) is 14.9 Å². The fourth-order valence-electron chi connectivity index (χ4n) is 4.27. The van der Waals surface area contributed by atoms with Crippen LogP contribution in [0.5, 0.6) is 0 Å². The number of furan rings is 1. The second-order valence-electron chi connectivity index (χ2n) is 8.79. The predicted molar refractivity (Wildman–Crippen MR) is 133 cm³/mol. The highest BCUT2D eigenvalue weighted by molar-refractivity contribution is 5.90. The van der Waals surface area contributed by atoms with Crippen molar-refractivity contribution in [3.63, 3.8) is 0 Å². The van der Waals surface area contributed by atoms with Crippen LogP contribution in [0.2, 0.25) is 0 Å². The quantitative estimate of drug-likeness (QED) is 0.304. The highest BCUT2D eigenvalue weighted by atomic mass is 16.6. The Labute approximate surface area is 203 Å². The minimum Gasteiger partial charge on any atom is -0.481 e. The molecule has 1 atom stereocenters. The first kappa shape index (κ1) is 22.5. The summed E-state index contributed by atoms with van der Waals surface area (Å²) in [6.07, 6.45) is 1.95. The maximum Gasteiger partial charge on any atom is 0.412 e. The number of benzene rings is 3. The Morgan fingerprint density at radius 2 is 1.49 bits per heavy atom. The molecule has 176 valence electrons. The number of amides is 1. The summed E-state index contributed by atoms with van der Waals surface area (Å²) >= 11 is 0. The Bertz CT molecular complexity index is 1340. The van der Waals surface area contributed by atoms with Crippen molar-refractivity contribution in [1.29, 1.82) is 0 Å². The summed E-state index contributed by atoms with van der Waals surface area (Å²) in [6, 6.07) is 26.7. The Balaban J connectivity index is 1.27. The van der Waals surface area contributed by atoms with Gasteiger partial charge in [0.1, 0.15) is 6.10 Å². The average molecular weight is 468 g/mol. The molecule has 1 aliphatic rings. The van der Waals surface area contributed by atoms with Crippen molar-refractivity contribution in [1.82, 2.24) is 0 Å². The molecular formula is C29H25NO5. The average Bonchev–Trinajstić information content (AvgIpc) is 3.58. The van der Waals surface area contributed by atoms with Gasteiger partial charge in [-0.05, 0) is 42.0 Å². The number of aliphatic carboxylic acids is 1. The van der Waals surface area contributed by atoms with Gasteiger partial charge in [-0.1, -0.05) is 78.9 Å². The summed E-state index contributed by atoms with van der Waals surface area (Å²) in [4.78, 5) is 24.0. The van der Waals surface area contributed by atoms with E-state index in [4.69, 9.17) is 9.15 Å². The van der Waals surface area contributed by atoms with Gasteiger partial charge in [-0.2, -0.15) is 0 Å². The van der Waals surface area contributed by atoms with Gasteiger partial charge in [-0.25, -0.2) is 4.79 Å². The molecule has 4 aromatic rings. The molecule has 1 unspecified atom stereocenters. The zero-order chi connectivity index (χ0) is 24.4. The summed E-state index contributed by atoms with van der Waals surface area (Å²) in [5, 5.41) is 12.3. The molecule has 2 N–H and O–H groups in total. The number of carbonyl (C=O) groups excluding carboxylic acids is 1. The van der Waals surface area contributed by atoms with Crippen molar-refractivity contribution < 1.29 is 23.8 Å². The van der Waals surface area contributed by atoms with E-state index >= 15 is 0 Å². The van der Waals surface area contributed by atoms with Gasteiger partial charge < -0.3 is 14.3 Å². The van der Waals surface area contributed by atoms with E-state index in [2.05, 4.69) is 5.32 Å². The van der Waals surface area contributed by atoms with E-state index in [1.54, 1.807) is 6.07 Å². The van der Waals surface area contributed by atoms with Crippen LogP contribution in [0.3, 0.4) is 0 Å². The summed E-state index contributed by atoms with van der Waals surface area (Å²) in [7, 11) is 0. The van der Waals surface area contributed by atoms with Crippen LogP contribution in [0, 0.1) is 0 Å². The number of carboxylic acid groups (broad SMARTS) is 1. The Hall–Kier alpha value is -4.32. The van der Waals surface area contributed by atoms with Crippen LogP contribution >= 0.6 is 0 Å². The van der Waals surface area contributed by atoms with Gasteiger partial charge >= 0.3 is 12.1 Å². The summed E-state index contributed by atoms with van der Waals surface area (Å²) < 4.78 is 11.1. The van der Waals surface area contributed by atoms with Gasteiger partial charge in [0.05, 0.1) is 17.4 Å². The Kier molecular flexibility index (Phi) is 5.87. The van der Waals surface area contributed by atoms with E-state index in [0.29, 0.717) is 24.3 Å². The zero-order valence-corrected chi connectivity index (χ0v) is 19.2. The number of carboxylic acids is 1. The topological polar surface area (TPSA) is 88.8 Å². The van der Waals surface area contributed by atoms with Gasteiger partial charge in [0.2, 0.25) is 0 Å². The molecule has 1 saturated carbocycles. The third-order valence-electron chi connectivity index (χ3n) is 6.53. The molecule has 0 aliphatic heterocycles. The predicted octanol–water partition coefficient (Wildman–Crippen LogP) is 7.04. The van der Waals surface area contributed by atoms with Crippen LogP contribution < -0.4 is 5.32 Å². The lowest BCUT2D eigenvalue weighted by Gasteiger charge is -2.14. The van der Waals surface area contributed by atoms with E-state index in [9.17, 15) is 14.7 Å². The van der Waals surface area contributed by atoms with Crippen molar-refractivity contribution in [2.75, 3.05) is 5.32 Å². The largest absolute Gasteiger partial charge is 0.481 e. The SMILES string of the molecule is CC(OC(=O)Nc1ccoc1-c1ccc(-c2ccc(C3(C(=O)O)CC3)cc2)cc1)c1ccccc1. The molecule has 1 fully saturated rings. The second-order valence-corrected chi connectivity index (χ2v) is 8.79. The molecule has 0 spiro atoms. The van der Waals surface area contributed by atoms with Gasteiger partial charge in [0.15, 0.2) is 5.76 Å². The highest BCUT2D eigenvalue weighted by Crippen LogP contribution is 2.48. The summed E-state index contributed by atoms with van der Waals surface area (Å²) in [6.45, 7) is 1.82. The van der Waals surface area contributed by atoms with Gasteiger partial charge in [-0.15, -0.1) is 0 Å². The number of hydrogen-bond acceptors (Lipinski definition) is 4. The first-order valence-corrected chi connectivity index (χ1v) is 11.5. The molecule has 0 radical (unpaired) electrons. The highest BCUT2D eigenvalue weighted by Gasteiger charge is 2.51. The fraction of sp³-hybridized carbons (Fsp3) is 0.172. The second kappa shape index (κ2) is 9.14. The molecule has 5 rings (SSSR count). The molecule has 35 heavy (non-hydrogen) atoms. The van der Waals surface area contributed by atoms with Crippen LogP contribution in [0.4, 0.5) is 10.5 Å². The molecule has 0 saturated heterocycles. The van der Waals surface area contributed by atoms with E-state index < -0.39 is 17.5 Å². The third-order valence-corrected chi connectivity index (χ3v) is 6.53. The van der Waals surface area contributed by atoms with Crippen LogP contribution in [0.25, 0.3) is 22.5 Å².